The summed E-state index contributed by atoms with van der Waals surface area (Å²) in [5.74, 6) is -0.292. The molecule has 1 N–H and O–H groups in total. The number of nitrogens with zero attached hydrogens (tertiary/aromatic N) is 1. The lowest BCUT2D eigenvalue weighted by Gasteiger charge is -2.11. The fourth-order valence-corrected chi connectivity index (χ4v) is 2.21. The SMILES string of the molecule is Cc1ccc(CNC2CC2)c(-c2cncc(F)c2)c1. The zero-order valence-corrected chi connectivity index (χ0v) is 11.0. The first-order valence-corrected chi connectivity index (χ1v) is 6.66. The first-order chi connectivity index (χ1) is 9.22. The second kappa shape index (κ2) is 5.10. The van der Waals surface area contributed by atoms with Crippen LogP contribution in [0.5, 0.6) is 0 Å². The minimum atomic E-state index is -0.292. The van der Waals surface area contributed by atoms with E-state index in [0.717, 1.165) is 17.7 Å². The van der Waals surface area contributed by atoms with Crippen molar-refractivity contribution in [1.29, 1.82) is 0 Å². The maximum Gasteiger partial charge on any atom is 0.142 e. The van der Waals surface area contributed by atoms with Crippen molar-refractivity contribution in [2.24, 2.45) is 0 Å². The molecule has 0 saturated heterocycles. The zero-order valence-electron chi connectivity index (χ0n) is 11.0. The van der Waals surface area contributed by atoms with Crippen LogP contribution in [0.3, 0.4) is 0 Å². The first kappa shape index (κ1) is 12.3. The monoisotopic (exact) mass is 256 g/mol. The normalized spacial score (nSPS) is 14.6. The second-order valence-corrected chi connectivity index (χ2v) is 5.21. The number of nitrogens with one attached hydrogen (secondary N) is 1. The third kappa shape index (κ3) is 2.99. The van der Waals surface area contributed by atoms with Crippen LogP contribution in [-0.4, -0.2) is 11.0 Å². The van der Waals surface area contributed by atoms with E-state index >= 15 is 0 Å². The summed E-state index contributed by atoms with van der Waals surface area (Å²) in [5, 5.41) is 3.50. The van der Waals surface area contributed by atoms with Gasteiger partial charge in [-0.3, -0.25) is 4.98 Å². The average molecular weight is 256 g/mol. The Morgan fingerprint density at radius 3 is 2.84 bits per heavy atom. The Labute approximate surface area is 112 Å². The molecule has 0 amide bonds. The van der Waals surface area contributed by atoms with Gasteiger partial charge in [-0.2, -0.15) is 0 Å². The summed E-state index contributed by atoms with van der Waals surface area (Å²) >= 11 is 0. The van der Waals surface area contributed by atoms with Gasteiger partial charge in [0.2, 0.25) is 0 Å². The molecule has 3 heteroatoms. The van der Waals surface area contributed by atoms with E-state index in [-0.39, 0.29) is 5.82 Å². The molecule has 98 valence electrons. The largest absolute Gasteiger partial charge is 0.310 e. The van der Waals surface area contributed by atoms with E-state index in [9.17, 15) is 4.39 Å². The number of hydrogen-bond acceptors (Lipinski definition) is 2. The minimum absolute atomic E-state index is 0.292. The summed E-state index contributed by atoms with van der Waals surface area (Å²) in [5.41, 5.74) is 4.29. The van der Waals surface area contributed by atoms with E-state index in [1.165, 1.54) is 30.2 Å². The standard InChI is InChI=1S/C16H17FN2/c1-11-2-3-12(9-19-15-4-5-15)16(6-11)13-7-14(17)10-18-8-13/h2-3,6-8,10,15,19H,4-5,9H2,1H3. The maximum atomic E-state index is 13.3. The molecule has 0 unspecified atom stereocenters. The van der Waals surface area contributed by atoms with Gasteiger partial charge in [0.25, 0.3) is 0 Å². The summed E-state index contributed by atoms with van der Waals surface area (Å²) in [6, 6.07) is 8.52. The van der Waals surface area contributed by atoms with E-state index in [2.05, 4.69) is 28.5 Å². The van der Waals surface area contributed by atoms with Crippen LogP contribution >= 0.6 is 0 Å². The number of aryl methyl sites for hydroxylation is 1. The highest BCUT2D eigenvalue weighted by molar-refractivity contribution is 5.67. The van der Waals surface area contributed by atoms with Gasteiger partial charge < -0.3 is 5.32 Å². The lowest BCUT2D eigenvalue weighted by atomic mass is 9.98. The number of halogens is 1. The first-order valence-electron chi connectivity index (χ1n) is 6.66. The highest BCUT2D eigenvalue weighted by Gasteiger charge is 2.20. The molecule has 0 radical (unpaired) electrons. The van der Waals surface area contributed by atoms with Crippen molar-refractivity contribution in [3.63, 3.8) is 0 Å². The van der Waals surface area contributed by atoms with Crippen LogP contribution in [0, 0.1) is 12.7 Å². The maximum absolute atomic E-state index is 13.3. The van der Waals surface area contributed by atoms with Crippen molar-refractivity contribution in [2.75, 3.05) is 0 Å². The molecule has 1 aromatic carbocycles. The van der Waals surface area contributed by atoms with Crippen molar-refractivity contribution in [3.05, 3.63) is 53.6 Å². The van der Waals surface area contributed by atoms with E-state index in [4.69, 9.17) is 0 Å². The van der Waals surface area contributed by atoms with Crippen LogP contribution in [0.4, 0.5) is 4.39 Å². The van der Waals surface area contributed by atoms with Crippen molar-refractivity contribution >= 4 is 0 Å². The van der Waals surface area contributed by atoms with Crippen LogP contribution < -0.4 is 5.32 Å². The Bertz CT molecular complexity index is 591. The highest BCUT2D eigenvalue weighted by Crippen LogP contribution is 2.26. The van der Waals surface area contributed by atoms with Gasteiger partial charge in [-0.1, -0.05) is 23.8 Å². The van der Waals surface area contributed by atoms with E-state index in [1.54, 1.807) is 12.3 Å². The van der Waals surface area contributed by atoms with E-state index in [1.807, 2.05) is 6.92 Å². The third-order valence-electron chi connectivity index (χ3n) is 3.44. The molecule has 0 atom stereocenters. The van der Waals surface area contributed by atoms with Gasteiger partial charge in [0, 0.05) is 24.3 Å². The highest BCUT2D eigenvalue weighted by atomic mass is 19.1. The zero-order chi connectivity index (χ0) is 13.2. The summed E-state index contributed by atoms with van der Waals surface area (Å²) in [4.78, 5) is 3.94. The summed E-state index contributed by atoms with van der Waals surface area (Å²) < 4.78 is 13.3. The number of aromatic nitrogens is 1. The Morgan fingerprint density at radius 1 is 1.26 bits per heavy atom. The van der Waals surface area contributed by atoms with Gasteiger partial charge in [0.15, 0.2) is 0 Å². The van der Waals surface area contributed by atoms with Crippen molar-refractivity contribution in [2.45, 2.75) is 32.4 Å². The summed E-state index contributed by atoms with van der Waals surface area (Å²) in [7, 11) is 0. The molecule has 1 aliphatic carbocycles. The molecule has 0 spiro atoms. The van der Waals surface area contributed by atoms with Gasteiger partial charge in [0.05, 0.1) is 6.20 Å². The predicted molar refractivity (Wildman–Crippen MR) is 74.2 cm³/mol. The quantitative estimate of drug-likeness (QED) is 0.906. The topological polar surface area (TPSA) is 24.9 Å². The Balaban J connectivity index is 1.94. The molecular weight excluding hydrogens is 239 g/mol. The molecular formula is C16H17FN2. The number of benzene rings is 1. The smallest absolute Gasteiger partial charge is 0.142 e. The van der Waals surface area contributed by atoms with Crippen LogP contribution in [-0.2, 0) is 6.54 Å². The number of pyridine rings is 1. The summed E-state index contributed by atoms with van der Waals surface area (Å²) in [6.07, 6.45) is 5.49. The van der Waals surface area contributed by atoms with Crippen LogP contribution in [0.1, 0.15) is 24.0 Å². The van der Waals surface area contributed by atoms with Gasteiger partial charge >= 0.3 is 0 Å². The lowest BCUT2D eigenvalue weighted by molar-refractivity contribution is 0.622. The third-order valence-corrected chi connectivity index (χ3v) is 3.44. The molecule has 0 aliphatic heterocycles. The Hall–Kier alpha value is -1.74. The second-order valence-electron chi connectivity index (χ2n) is 5.21. The fraction of sp³-hybridized carbons (Fsp3) is 0.312. The van der Waals surface area contributed by atoms with Gasteiger partial charge in [0.1, 0.15) is 5.82 Å². The van der Waals surface area contributed by atoms with Crippen molar-refractivity contribution in [1.82, 2.24) is 10.3 Å². The molecule has 3 rings (SSSR count). The molecule has 1 fully saturated rings. The molecule has 1 heterocycles. The average Bonchev–Trinajstić information content (AvgIpc) is 3.21. The molecule has 0 bridgehead atoms. The van der Waals surface area contributed by atoms with Crippen molar-refractivity contribution < 1.29 is 4.39 Å². The van der Waals surface area contributed by atoms with Crippen LogP contribution in [0.25, 0.3) is 11.1 Å². The molecule has 1 aliphatic rings. The summed E-state index contributed by atoms with van der Waals surface area (Å²) in [6.45, 7) is 2.88. The molecule has 1 aromatic heterocycles. The molecule has 19 heavy (non-hydrogen) atoms. The van der Waals surface area contributed by atoms with E-state index in [0.29, 0.717) is 6.04 Å². The Morgan fingerprint density at radius 2 is 2.11 bits per heavy atom. The van der Waals surface area contributed by atoms with Gasteiger partial charge in [-0.05, 0) is 37.0 Å². The number of hydrogen-bond donors (Lipinski definition) is 1. The van der Waals surface area contributed by atoms with Crippen molar-refractivity contribution in [3.8, 4) is 11.1 Å². The van der Waals surface area contributed by atoms with E-state index < -0.39 is 0 Å². The molecule has 2 aromatic rings. The lowest BCUT2D eigenvalue weighted by Crippen LogP contribution is -2.15. The predicted octanol–water partition coefficient (Wildman–Crippen LogP) is 3.45. The van der Waals surface area contributed by atoms with Gasteiger partial charge in [-0.25, -0.2) is 4.39 Å². The molecule has 2 nitrogen and oxygen atoms in total. The van der Waals surface area contributed by atoms with Crippen LogP contribution in [0.2, 0.25) is 0 Å². The molecule has 1 saturated carbocycles. The van der Waals surface area contributed by atoms with Crippen LogP contribution in [0.15, 0.2) is 36.7 Å². The Kier molecular flexibility index (Phi) is 3.30. The number of rotatable bonds is 4. The van der Waals surface area contributed by atoms with Gasteiger partial charge in [-0.15, -0.1) is 0 Å². The fourth-order valence-electron chi connectivity index (χ4n) is 2.21. The minimum Gasteiger partial charge on any atom is -0.310 e.